The van der Waals surface area contributed by atoms with E-state index in [0.29, 0.717) is 22.2 Å². The van der Waals surface area contributed by atoms with E-state index >= 15 is 0 Å². The third-order valence-electron chi connectivity index (χ3n) is 3.69. The number of nitrogens with two attached hydrogens (primary N) is 1. The minimum Gasteiger partial charge on any atom is -0.396 e. The van der Waals surface area contributed by atoms with Gasteiger partial charge in [0, 0.05) is 39.1 Å². The van der Waals surface area contributed by atoms with E-state index in [4.69, 9.17) is 5.73 Å². The maximum atomic E-state index is 11.6. The molecule has 1 aliphatic heterocycles. The van der Waals surface area contributed by atoms with Crippen LogP contribution in [0.5, 0.6) is 0 Å². The average molecular weight is 292 g/mol. The fraction of sp³-hybridized carbons (Fsp3) is 0.571. The lowest BCUT2D eigenvalue weighted by molar-refractivity contribution is 0.102. The van der Waals surface area contributed by atoms with Gasteiger partial charge in [-0.05, 0) is 13.8 Å². The van der Waals surface area contributed by atoms with Gasteiger partial charge in [0.15, 0.2) is 5.78 Å². The summed E-state index contributed by atoms with van der Waals surface area (Å²) >= 11 is 1.35. The first-order valence-electron chi connectivity index (χ1n) is 6.78. The van der Waals surface area contributed by atoms with E-state index in [2.05, 4.69) is 29.7 Å². The maximum Gasteiger partial charge on any atom is 0.171 e. The minimum atomic E-state index is -0.0731. The van der Waals surface area contributed by atoms with Crippen molar-refractivity contribution in [2.24, 2.45) is 0 Å². The molecule has 0 amide bonds. The zero-order chi connectivity index (χ0) is 14.9. The first-order valence-corrected chi connectivity index (χ1v) is 7.59. The Labute approximate surface area is 123 Å². The normalized spacial score (nSPS) is 16.4. The number of hydrogen-bond acceptors (Lipinski definition) is 6. The summed E-state index contributed by atoms with van der Waals surface area (Å²) in [4.78, 5) is 16.6. The molecule has 0 unspecified atom stereocenters. The molecule has 0 aliphatic carbocycles. The lowest BCUT2D eigenvalue weighted by Crippen LogP contribution is -2.48. The van der Waals surface area contributed by atoms with Gasteiger partial charge in [-0.2, -0.15) is 5.26 Å². The summed E-state index contributed by atoms with van der Waals surface area (Å²) in [5.41, 5.74) is 6.72. The summed E-state index contributed by atoms with van der Waals surface area (Å²) in [5.74, 6) is -0.0731. The Morgan fingerprint density at radius 1 is 1.35 bits per heavy atom. The second-order valence-corrected chi connectivity index (χ2v) is 6.31. The van der Waals surface area contributed by atoms with Crippen molar-refractivity contribution in [2.75, 3.05) is 36.8 Å². The number of rotatable bonds is 3. The minimum absolute atomic E-state index is 0.0731. The Morgan fingerprint density at radius 3 is 2.40 bits per heavy atom. The van der Waals surface area contributed by atoms with Crippen molar-refractivity contribution in [3.63, 3.8) is 0 Å². The van der Waals surface area contributed by atoms with Crippen molar-refractivity contribution in [2.45, 2.75) is 26.8 Å². The number of nitriles is 1. The summed E-state index contributed by atoms with van der Waals surface area (Å²) in [7, 11) is 0. The number of carbonyl (C=O) groups excluding carboxylic acids is 1. The van der Waals surface area contributed by atoms with Gasteiger partial charge in [0.2, 0.25) is 0 Å². The molecular weight excluding hydrogens is 272 g/mol. The van der Waals surface area contributed by atoms with Gasteiger partial charge in [-0.25, -0.2) is 0 Å². The van der Waals surface area contributed by atoms with Gasteiger partial charge in [0.25, 0.3) is 0 Å². The van der Waals surface area contributed by atoms with Crippen LogP contribution in [0.1, 0.15) is 36.0 Å². The van der Waals surface area contributed by atoms with E-state index in [1.165, 1.54) is 18.3 Å². The molecule has 20 heavy (non-hydrogen) atoms. The molecule has 0 aromatic carbocycles. The molecule has 0 saturated carbocycles. The van der Waals surface area contributed by atoms with Gasteiger partial charge >= 0.3 is 0 Å². The second-order valence-electron chi connectivity index (χ2n) is 5.31. The summed E-state index contributed by atoms with van der Waals surface area (Å²) in [6.07, 6.45) is 0. The Hall–Kier alpha value is -1.58. The molecule has 2 rings (SSSR count). The van der Waals surface area contributed by atoms with Crippen molar-refractivity contribution in [3.8, 4) is 6.07 Å². The van der Waals surface area contributed by atoms with Crippen LogP contribution in [0.3, 0.4) is 0 Å². The number of hydrogen-bond donors (Lipinski definition) is 1. The Morgan fingerprint density at radius 2 is 1.95 bits per heavy atom. The van der Waals surface area contributed by atoms with E-state index in [1.807, 2.05) is 0 Å². The number of carbonyl (C=O) groups is 1. The van der Waals surface area contributed by atoms with Crippen LogP contribution in [-0.4, -0.2) is 42.9 Å². The molecule has 108 valence electrons. The van der Waals surface area contributed by atoms with Crippen LogP contribution >= 0.6 is 11.3 Å². The Balaban J connectivity index is 2.24. The highest BCUT2D eigenvalue weighted by atomic mass is 32.1. The summed E-state index contributed by atoms with van der Waals surface area (Å²) in [6, 6.07) is 2.68. The summed E-state index contributed by atoms with van der Waals surface area (Å²) in [5, 5.41) is 10.1. The summed E-state index contributed by atoms with van der Waals surface area (Å²) in [6.45, 7) is 9.53. The van der Waals surface area contributed by atoms with Crippen LogP contribution in [0, 0.1) is 11.3 Å². The number of thiophene rings is 1. The van der Waals surface area contributed by atoms with Crippen molar-refractivity contribution < 1.29 is 4.79 Å². The number of piperazine rings is 1. The van der Waals surface area contributed by atoms with Gasteiger partial charge < -0.3 is 10.6 Å². The Bertz CT molecular complexity index is 550. The molecule has 1 aromatic rings. The van der Waals surface area contributed by atoms with Crippen molar-refractivity contribution >= 4 is 27.8 Å². The number of nitrogens with zero attached hydrogens (tertiary/aromatic N) is 3. The van der Waals surface area contributed by atoms with Crippen LogP contribution in [0.2, 0.25) is 0 Å². The molecule has 1 aromatic heterocycles. The third-order valence-corrected chi connectivity index (χ3v) is 5.06. The van der Waals surface area contributed by atoms with Crippen LogP contribution in [0.25, 0.3) is 0 Å². The van der Waals surface area contributed by atoms with Crippen molar-refractivity contribution in [1.82, 2.24) is 4.90 Å². The molecule has 6 heteroatoms. The fourth-order valence-electron chi connectivity index (χ4n) is 2.47. The number of ketones is 1. The monoisotopic (exact) mass is 292 g/mol. The highest BCUT2D eigenvalue weighted by Crippen LogP contribution is 2.38. The smallest absolute Gasteiger partial charge is 0.171 e. The molecule has 1 aliphatic rings. The van der Waals surface area contributed by atoms with Crippen molar-refractivity contribution in [1.29, 1.82) is 5.26 Å². The molecule has 1 saturated heterocycles. The SMILES string of the molecule is CC(=O)c1sc(N2CCN(C(C)C)CC2)c(C#N)c1N. The standard InChI is InChI=1S/C14H20N4OS/c1-9(2)17-4-6-18(7-5-17)14-11(8-15)12(16)13(20-14)10(3)19/h9H,4-7,16H2,1-3H3. The molecule has 2 heterocycles. The zero-order valence-electron chi connectivity index (χ0n) is 12.1. The fourth-order valence-corrected chi connectivity index (χ4v) is 3.58. The van der Waals surface area contributed by atoms with Crippen LogP contribution < -0.4 is 10.6 Å². The van der Waals surface area contributed by atoms with Crippen LogP contribution in [0.15, 0.2) is 0 Å². The van der Waals surface area contributed by atoms with E-state index < -0.39 is 0 Å². The van der Waals surface area contributed by atoms with E-state index in [9.17, 15) is 10.1 Å². The highest BCUT2D eigenvalue weighted by molar-refractivity contribution is 7.19. The molecular formula is C14H20N4OS. The summed E-state index contributed by atoms with van der Waals surface area (Å²) < 4.78 is 0. The number of anilines is 2. The quantitative estimate of drug-likeness (QED) is 0.862. The Kier molecular flexibility index (Phi) is 4.31. The molecule has 5 nitrogen and oxygen atoms in total. The number of nitrogen functional groups attached to an aromatic ring is 1. The van der Waals surface area contributed by atoms with E-state index in [1.54, 1.807) is 0 Å². The van der Waals surface area contributed by atoms with Gasteiger partial charge in [-0.3, -0.25) is 9.69 Å². The largest absolute Gasteiger partial charge is 0.396 e. The van der Waals surface area contributed by atoms with Gasteiger partial charge in [0.1, 0.15) is 16.6 Å². The molecule has 0 spiro atoms. The second kappa shape index (κ2) is 5.81. The van der Waals surface area contributed by atoms with Crippen LogP contribution in [-0.2, 0) is 0 Å². The predicted molar refractivity (Wildman–Crippen MR) is 82.4 cm³/mol. The van der Waals surface area contributed by atoms with Gasteiger partial charge in [-0.1, -0.05) is 0 Å². The average Bonchev–Trinajstić information content (AvgIpc) is 2.75. The molecule has 0 radical (unpaired) electrons. The zero-order valence-corrected chi connectivity index (χ0v) is 13.0. The maximum absolute atomic E-state index is 11.6. The van der Waals surface area contributed by atoms with Gasteiger partial charge in [0.05, 0.1) is 10.6 Å². The predicted octanol–water partition coefficient (Wildman–Crippen LogP) is 1.93. The molecule has 2 N–H and O–H groups in total. The topological polar surface area (TPSA) is 73.4 Å². The third kappa shape index (κ3) is 2.65. The van der Waals surface area contributed by atoms with Crippen LogP contribution in [0.4, 0.5) is 10.7 Å². The number of Topliss-reactive ketones (excluding diaryl/α,β-unsaturated/α-hetero) is 1. The van der Waals surface area contributed by atoms with E-state index in [0.717, 1.165) is 31.2 Å². The van der Waals surface area contributed by atoms with Gasteiger partial charge in [-0.15, -0.1) is 11.3 Å². The lowest BCUT2D eigenvalue weighted by atomic mass is 10.2. The molecule has 0 bridgehead atoms. The van der Waals surface area contributed by atoms with E-state index in [-0.39, 0.29) is 5.78 Å². The lowest BCUT2D eigenvalue weighted by Gasteiger charge is -2.37. The molecule has 1 fully saturated rings. The first-order chi connectivity index (χ1) is 9.45. The first kappa shape index (κ1) is 14.8. The van der Waals surface area contributed by atoms with Crippen molar-refractivity contribution in [3.05, 3.63) is 10.4 Å². The highest BCUT2D eigenvalue weighted by Gasteiger charge is 2.26. The molecule has 0 atom stereocenters.